The molecule has 104 valence electrons. The second-order valence-corrected chi connectivity index (χ2v) is 4.72. The molecule has 0 amide bonds. The Balaban J connectivity index is 2.05. The average molecular weight is 261 g/mol. The van der Waals surface area contributed by atoms with E-state index in [0.717, 1.165) is 38.4 Å². The molecule has 0 bridgehead atoms. The summed E-state index contributed by atoms with van der Waals surface area (Å²) >= 11 is 0. The van der Waals surface area contributed by atoms with Crippen molar-refractivity contribution < 1.29 is 4.74 Å². The van der Waals surface area contributed by atoms with Crippen molar-refractivity contribution in [2.24, 2.45) is 0 Å². The summed E-state index contributed by atoms with van der Waals surface area (Å²) in [6.07, 6.45) is 6.34. The van der Waals surface area contributed by atoms with E-state index >= 15 is 0 Å². The van der Waals surface area contributed by atoms with Gasteiger partial charge in [-0.05, 0) is 31.2 Å². The van der Waals surface area contributed by atoms with Crippen molar-refractivity contribution in [3.05, 3.63) is 30.1 Å². The Kier molecular flexibility index (Phi) is 5.36. The number of aromatic nitrogens is 2. The summed E-state index contributed by atoms with van der Waals surface area (Å²) < 4.78 is 7.82. The van der Waals surface area contributed by atoms with Crippen LogP contribution in [0, 0.1) is 0 Å². The zero-order valence-corrected chi connectivity index (χ0v) is 11.9. The lowest BCUT2D eigenvalue weighted by Crippen LogP contribution is -2.07. The second-order valence-electron chi connectivity index (χ2n) is 4.72. The van der Waals surface area contributed by atoms with E-state index in [9.17, 15) is 0 Å². The normalized spacial score (nSPS) is 11.3. The molecule has 2 aromatic heterocycles. The summed E-state index contributed by atoms with van der Waals surface area (Å²) in [6.45, 7) is 5.51. The fraction of sp³-hybridized carbons (Fsp3) is 0.533. The molecule has 1 N–H and O–H groups in total. The highest BCUT2D eigenvalue weighted by Crippen LogP contribution is 2.19. The molecule has 19 heavy (non-hydrogen) atoms. The lowest BCUT2D eigenvalue weighted by Gasteiger charge is -2.05. The quantitative estimate of drug-likeness (QED) is 0.742. The van der Waals surface area contributed by atoms with Gasteiger partial charge >= 0.3 is 0 Å². The Labute approximate surface area is 114 Å². The van der Waals surface area contributed by atoms with Crippen LogP contribution in [0.3, 0.4) is 0 Å². The third-order valence-electron chi connectivity index (χ3n) is 3.20. The lowest BCUT2D eigenvalue weighted by atomic mass is 10.2. The van der Waals surface area contributed by atoms with Gasteiger partial charge in [0, 0.05) is 37.5 Å². The Hall–Kier alpha value is -1.39. The Morgan fingerprint density at radius 2 is 2.26 bits per heavy atom. The van der Waals surface area contributed by atoms with E-state index in [2.05, 4.69) is 34.1 Å². The molecule has 2 aromatic rings. The molecule has 0 aliphatic heterocycles. The van der Waals surface area contributed by atoms with Crippen LogP contribution in [0.1, 0.15) is 25.3 Å². The van der Waals surface area contributed by atoms with Crippen molar-refractivity contribution in [3.63, 3.8) is 0 Å². The van der Waals surface area contributed by atoms with Crippen LogP contribution in [0.2, 0.25) is 0 Å². The SMILES string of the molecule is CCCCOCCn1cc(CNC)c2cccnc21. The molecule has 2 heterocycles. The number of nitrogens with zero attached hydrogens (tertiary/aromatic N) is 2. The highest BCUT2D eigenvalue weighted by Gasteiger charge is 2.08. The Bertz CT molecular complexity index is 507. The minimum absolute atomic E-state index is 0.749. The maximum absolute atomic E-state index is 5.63. The van der Waals surface area contributed by atoms with E-state index in [-0.39, 0.29) is 0 Å². The van der Waals surface area contributed by atoms with Crippen LogP contribution in [-0.2, 0) is 17.8 Å². The number of unbranched alkanes of at least 4 members (excludes halogenated alkanes) is 1. The van der Waals surface area contributed by atoms with Crippen molar-refractivity contribution in [3.8, 4) is 0 Å². The summed E-state index contributed by atoms with van der Waals surface area (Å²) in [7, 11) is 1.97. The van der Waals surface area contributed by atoms with E-state index in [1.807, 2.05) is 19.3 Å². The highest BCUT2D eigenvalue weighted by molar-refractivity contribution is 5.80. The van der Waals surface area contributed by atoms with Crippen molar-refractivity contribution in [2.75, 3.05) is 20.3 Å². The highest BCUT2D eigenvalue weighted by atomic mass is 16.5. The van der Waals surface area contributed by atoms with Gasteiger partial charge in [-0.25, -0.2) is 4.98 Å². The maximum atomic E-state index is 5.63. The van der Waals surface area contributed by atoms with Gasteiger partial charge in [-0.15, -0.1) is 0 Å². The molecule has 4 heteroatoms. The number of pyridine rings is 1. The molecule has 0 spiro atoms. The lowest BCUT2D eigenvalue weighted by molar-refractivity contribution is 0.124. The van der Waals surface area contributed by atoms with E-state index in [4.69, 9.17) is 4.74 Å². The molecular weight excluding hydrogens is 238 g/mol. The van der Waals surface area contributed by atoms with Crippen molar-refractivity contribution in [2.45, 2.75) is 32.9 Å². The minimum Gasteiger partial charge on any atom is -0.380 e. The molecule has 0 atom stereocenters. The van der Waals surface area contributed by atoms with E-state index in [1.165, 1.54) is 17.4 Å². The molecule has 0 aliphatic carbocycles. The first-order chi connectivity index (χ1) is 9.36. The molecular formula is C15H23N3O. The van der Waals surface area contributed by atoms with Gasteiger partial charge < -0.3 is 14.6 Å². The topological polar surface area (TPSA) is 39.1 Å². The molecule has 0 saturated heterocycles. The van der Waals surface area contributed by atoms with Crippen LogP contribution in [0.15, 0.2) is 24.5 Å². The Morgan fingerprint density at radius 3 is 3.05 bits per heavy atom. The fourth-order valence-corrected chi connectivity index (χ4v) is 2.21. The molecule has 0 unspecified atom stereocenters. The Morgan fingerprint density at radius 1 is 1.37 bits per heavy atom. The summed E-state index contributed by atoms with van der Waals surface area (Å²) in [5, 5.41) is 4.43. The molecule has 0 aliphatic rings. The van der Waals surface area contributed by atoms with Gasteiger partial charge in [0.25, 0.3) is 0 Å². The summed E-state index contributed by atoms with van der Waals surface area (Å²) in [4.78, 5) is 4.48. The molecule has 0 aromatic carbocycles. The number of nitrogens with one attached hydrogen (secondary N) is 1. The van der Waals surface area contributed by atoms with Gasteiger partial charge in [0.05, 0.1) is 6.61 Å². The van der Waals surface area contributed by atoms with E-state index < -0.39 is 0 Å². The number of hydrogen-bond acceptors (Lipinski definition) is 3. The number of ether oxygens (including phenoxy) is 1. The van der Waals surface area contributed by atoms with Crippen LogP contribution in [0.25, 0.3) is 11.0 Å². The van der Waals surface area contributed by atoms with Crippen molar-refractivity contribution in [1.29, 1.82) is 0 Å². The molecule has 2 rings (SSSR count). The largest absolute Gasteiger partial charge is 0.380 e. The molecule has 0 radical (unpaired) electrons. The van der Waals surface area contributed by atoms with Crippen LogP contribution in [0.4, 0.5) is 0 Å². The maximum Gasteiger partial charge on any atom is 0.140 e. The van der Waals surface area contributed by atoms with E-state index in [0.29, 0.717) is 0 Å². The first-order valence-electron chi connectivity index (χ1n) is 7.02. The van der Waals surface area contributed by atoms with Crippen molar-refractivity contribution in [1.82, 2.24) is 14.9 Å². The van der Waals surface area contributed by atoms with Crippen LogP contribution in [0.5, 0.6) is 0 Å². The van der Waals surface area contributed by atoms with Crippen molar-refractivity contribution >= 4 is 11.0 Å². The zero-order valence-electron chi connectivity index (χ0n) is 11.9. The number of fused-ring (bicyclic) bond motifs is 1. The van der Waals surface area contributed by atoms with Gasteiger partial charge in [0.15, 0.2) is 0 Å². The number of rotatable bonds is 8. The van der Waals surface area contributed by atoms with Gasteiger partial charge in [-0.2, -0.15) is 0 Å². The summed E-state index contributed by atoms with van der Waals surface area (Å²) in [5.41, 5.74) is 2.34. The standard InChI is InChI=1S/C15H23N3O/c1-3-4-9-19-10-8-18-12-13(11-16-2)14-6-5-7-17-15(14)18/h5-7,12,16H,3-4,8-11H2,1-2H3. The molecule has 4 nitrogen and oxygen atoms in total. The number of hydrogen-bond donors (Lipinski definition) is 1. The zero-order chi connectivity index (χ0) is 13.5. The van der Waals surface area contributed by atoms with Gasteiger partial charge in [0.2, 0.25) is 0 Å². The van der Waals surface area contributed by atoms with E-state index in [1.54, 1.807) is 0 Å². The van der Waals surface area contributed by atoms with Gasteiger partial charge in [-0.1, -0.05) is 13.3 Å². The average Bonchev–Trinajstić information content (AvgIpc) is 2.78. The first-order valence-corrected chi connectivity index (χ1v) is 7.02. The smallest absolute Gasteiger partial charge is 0.140 e. The summed E-state index contributed by atoms with van der Waals surface area (Å²) in [6, 6.07) is 4.12. The first kappa shape index (κ1) is 14.0. The third kappa shape index (κ3) is 3.55. The van der Waals surface area contributed by atoms with Crippen LogP contribution in [-0.4, -0.2) is 29.8 Å². The minimum atomic E-state index is 0.749. The van der Waals surface area contributed by atoms with Crippen LogP contribution >= 0.6 is 0 Å². The third-order valence-corrected chi connectivity index (χ3v) is 3.20. The van der Waals surface area contributed by atoms with Crippen LogP contribution < -0.4 is 5.32 Å². The second kappa shape index (κ2) is 7.26. The molecule has 0 fully saturated rings. The van der Waals surface area contributed by atoms with Gasteiger partial charge in [0.1, 0.15) is 5.65 Å². The monoisotopic (exact) mass is 261 g/mol. The fourth-order valence-electron chi connectivity index (χ4n) is 2.21. The molecule has 0 saturated carbocycles. The predicted octanol–water partition coefficient (Wildman–Crippen LogP) is 2.57. The predicted molar refractivity (Wildman–Crippen MR) is 78.2 cm³/mol. The van der Waals surface area contributed by atoms with Gasteiger partial charge in [-0.3, -0.25) is 0 Å². The summed E-state index contributed by atoms with van der Waals surface area (Å²) in [5.74, 6) is 0.